The molecule has 2 aromatic rings. The number of aliphatic hydroxyl groups is 1. The van der Waals surface area contributed by atoms with Gasteiger partial charge in [-0.15, -0.1) is 0 Å². The fourth-order valence-electron chi connectivity index (χ4n) is 2.67. The Morgan fingerprint density at radius 1 is 1.28 bits per heavy atom. The van der Waals surface area contributed by atoms with Crippen molar-refractivity contribution in [1.82, 2.24) is 4.98 Å². The number of hydrogen-bond donors (Lipinski definition) is 4. The molecule has 0 amide bonds. The Labute approximate surface area is 145 Å². The van der Waals surface area contributed by atoms with Gasteiger partial charge in [-0.1, -0.05) is 18.2 Å². The number of carboxylic acids is 1. The fourth-order valence-corrected chi connectivity index (χ4v) is 2.67. The van der Waals surface area contributed by atoms with Crippen LogP contribution < -0.4 is 5.73 Å². The zero-order valence-corrected chi connectivity index (χ0v) is 14.5. The van der Waals surface area contributed by atoms with Crippen LogP contribution >= 0.6 is 0 Å². The van der Waals surface area contributed by atoms with E-state index in [0.29, 0.717) is 0 Å². The molecule has 5 N–H and O–H groups in total. The summed E-state index contributed by atoms with van der Waals surface area (Å²) < 4.78 is 5.10. The molecule has 7 nitrogen and oxygen atoms in total. The number of carbonyl (C=O) groups is 2. The summed E-state index contributed by atoms with van der Waals surface area (Å²) in [5, 5.41) is 20.6. The van der Waals surface area contributed by atoms with E-state index in [9.17, 15) is 19.8 Å². The quantitative estimate of drug-likeness (QED) is 0.462. The molecule has 1 aromatic heterocycles. The number of benzene rings is 1. The molecule has 0 radical (unpaired) electrons. The first-order valence-electron chi connectivity index (χ1n) is 8.04. The highest BCUT2D eigenvalue weighted by atomic mass is 16.6. The van der Waals surface area contributed by atoms with Gasteiger partial charge >= 0.3 is 11.9 Å². The molecule has 0 aliphatic carbocycles. The van der Waals surface area contributed by atoms with Crippen LogP contribution in [0.15, 0.2) is 30.5 Å². The number of carboxylic acid groups (broad SMARTS) is 1. The van der Waals surface area contributed by atoms with Crippen LogP contribution in [0.5, 0.6) is 0 Å². The lowest BCUT2D eigenvalue weighted by atomic mass is 9.92. The number of hydrogen-bond acceptors (Lipinski definition) is 5. The Morgan fingerprint density at radius 3 is 2.52 bits per heavy atom. The maximum Gasteiger partial charge on any atom is 0.323 e. The zero-order valence-electron chi connectivity index (χ0n) is 14.5. The molecule has 25 heavy (non-hydrogen) atoms. The third-order valence-corrected chi connectivity index (χ3v) is 3.84. The number of aliphatic carboxylic acids is 1. The van der Waals surface area contributed by atoms with Gasteiger partial charge in [0.05, 0.1) is 6.10 Å². The SMILES string of the molecule is CC(C)(C)OC(=O)C(C(=O)O)C(O)C(N)Cc1c[nH]c2ccccc12. The minimum Gasteiger partial charge on any atom is -0.481 e. The standard InChI is InChI=1S/C18H24N2O5/c1-18(2,3)25-17(24)14(16(22)23)15(21)12(19)8-10-9-20-13-7-5-4-6-11(10)13/h4-7,9,12,14-15,20-21H,8,19H2,1-3H3,(H,22,23). The van der Waals surface area contributed by atoms with Gasteiger partial charge in [0.15, 0.2) is 5.92 Å². The number of fused-ring (bicyclic) bond motifs is 1. The molecule has 0 saturated heterocycles. The smallest absolute Gasteiger partial charge is 0.323 e. The summed E-state index contributed by atoms with van der Waals surface area (Å²) in [5.74, 6) is -4.20. The highest BCUT2D eigenvalue weighted by Gasteiger charge is 2.40. The van der Waals surface area contributed by atoms with Gasteiger partial charge in [-0.05, 0) is 38.8 Å². The normalized spacial score (nSPS) is 15.6. The van der Waals surface area contributed by atoms with E-state index in [0.717, 1.165) is 16.5 Å². The van der Waals surface area contributed by atoms with Crippen molar-refractivity contribution in [2.45, 2.75) is 44.9 Å². The van der Waals surface area contributed by atoms with Gasteiger partial charge in [0.1, 0.15) is 5.60 Å². The number of carbonyl (C=O) groups excluding carboxylic acids is 1. The van der Waals surface area contributed by atoms with E-state index in [4.69, 9.17) is 10.5 Å². The number of para-hydroxylation sites is 1. The van der Waals surface area contributed by atoms with Crippen molar-refractivity contribution < 1.29 is 24.5 Å². The third kappa shape index (κ3) is 4.58. The van der Waals surface area contributed by atoms with Crippen molar-refractivity contribution >= 4 is 22.8 Å². The summed E-state index contributed by atoms with van der Waals surface area (Å²) in [6, 6.07) is 6.64. The van der Waals surface area contributed by atoms with Crippen LogP contribution in [-0.2, 0) is 20.7 Å². The highest BCUT2D eigenvalue weighted by molar-refractivity contribution is 5.95. The van der Waals surface area contributed by atoms with E-state index in [2.05, 4.69) is 4.98 Å². The predicted molar refractivity (Wildman–Crippen MR) is 93.0 cm³/mol. The van der Waals surface area contributed by atoms with Crippen LogP contribution in [0.2, 0.25) is 0 Å². The molecular weight excluding hydrogens is 324 g/mol. The molecule has 0 aliphatic rings. The van der Waals surface area contributed by atoms with Crippen molar-refractivity contribution in [1.29, 1.82) is 0 Å². The number of aromatic amines is 1. The van der Waals surface area contributed by atoms with Gasteiger partial charge in [0.25, 0.3) is 0 Å². The lowest BCUT2D eigenvalue weighted by Gasteiger charge is -2.27. The summed E-state index contributed by atoms with van der Waals surface area (Å²) in [7, 11) is 0. The molecular formula is C18H24N2O5. The van der Waals surface area contributed by atoms with Gasteiger partial charge in [-0.2, -0.15) is 0 Å². The molecule has 3 atom stereocenters. The van der Waals surface area contributed by atoms with Crippen LogP contribution in [-0.4, -0.2) is 44.9 Å². The maximum absolute atomic E-state index is 12.1. The number of esters is 1. The first-order valence-corrected chi connectivity index (χ1v) is 8.04. The minimum atomic E-state index is -1.74. The Balaban J connectivity index is 2.16. The van der Waals surface area contributed by atoms with Crippen LogP contribution in [0, 0.1) is 5.92 Å². The van der Waals surface area contributed by atoms with E-state index in [1.54, 1.807) is 27.0 Å². The number of ether oxygens (including phenoxy) is 1. The van der Waals surface area contributed by atoms with Crippen LogP contribution in [0.4, 0.5) is 0 Å². The summed E-state index contributed by atoms with van der Waals surface area (Å²) >= 11 is 0. The summed E-state index contributed by atoms with van der Waals surface area (Å²) in [6.07, 6.45) is 0.416. The topological polar surface area (TPSA) is 126 Å². The molecule has 3 unspecified atom stereocenters. The van der Waals surface area contributed by atoms with Crippen LogP contribution in [0.1, 0.15) is 26.3 Å². The second kappa shape index (κ2) is 7.25. The van der Waals surface area contributed by atoms with E-state index in [1.807, 2.05) is 24.3 Å². The Bertz CT molecular complexity index is 762. The lowest BCUT2D eigenvalue weighted by molar-refractivity contribution is -0.172. The molecule has 0 aliphatic heterocycles. The number of nitrogens with one attached hydrogen (secondary N) is 1. The molecule has 0 saturated carbocycles. The number of nitrogens with two attached hydrogens (primary N) is 1. The largest absolute Gasteiger partial charge is 0.481 e. The van der Waals surface area contributed by atoms with Crippen LogP contribution in [0.25, 0.3) is 10.9 Å². The number of H-pyrrole nitrogens is 1. The molecule has 0 spiro atoms. The Morgan fingerprint density at radius 2 is 1.92 bits per heavy atom. The molecule has 2 rings (SSSR count). The Kier molecular flexibility index (Phi) is 5.49. The minimum absolute atomic E-state index is 0.220. The average molecular weight is 348 g/mol. The highest BCUT2D eigenvalue weighted by Crippen LogP contribution is 2.22. The number of aromatic nitrogens is 1. The van der Waals surface area contributed by atoms with Crippen molar-refractivity contribution in [2.24, 2.45) is 11.7 Å². The van der Waals surface area contributed by atoms with Gasteiger partial charge in [0.2, 0.25) is 0 Å². The average Bonchev–Trinajstić information content (AvgIpc) is 2.88. The van der Waals surface area contributed by atoms with Crippen LogP contribution in [0.3, 0.4) is 0 Å². The molecule has 1 aromatic carbocycles. The van der Waals surface area contributed by atoms with Gasteiger partial charge < -0.3 is 25.7 Å². The van der Waals surface area contributed by atoms with Gasteiger partial charge in [-0.3, -0.25) is 9.59 Å². The van der Waals surface area contributed by atoms with Crippen molar-refractivity contribution in [2.75, 3.05) is 0 Å². The zero-order chi connectivity index (χ0) is 18.8. The fraction of sp³-hybridized carbons (Fsp3) is 0.444. The lowest BCUT2D eigenvalue weighted by Crippen LogP contribution is -2.49. The maximum atomic E-state index is 12.1. The van der Waals surface area contributed by atoms with Gasteiger partial charge in [0, 0.05) is 23.1 Å². The summed E-state index contributed by atoms with van der Waals surface area (Å²) in [6.45, 7) is 4.88. The van der Waals surface area contributed by atoms with Crippen molar-refractivity contribution in [3.8, 4) is 0 Å². The summed E-state index contributed by atoms with van der Waals surface area (Å²) in [5.41, 5.74) is 6.91. The van der Waals surface area contributed by atoms with Crippen molar-refractivity contribution in [3.05, 3.63) is 36.0 Å². The molecule has 0 fully saturated rings. The third-order valence-electron chi connectivity index (χ3n) is 3.84. The molecule has 7 heteroatoms. The predicted octanol–water partition coefficient (Wildman–Crippen LogP) is 1.44. The number of aliphatic hydroxyl groups excluding tert-OH is 1. The monoisotopic (exact) mass is 348 g/mol. The van der Waals surface area contributed by atoms with Crippen molar-refractivity contribution in [3.63, 3.8) is 0 Å². The second-order valence-electron chi connectivity index (χ2n) is 7.07. The van der Waals surface area contributed by atoms with E-state index >= 15 is 0 Å². The molecule has 136 valence electrons. The molecule has 1 heterocycles. The summed E-state index contributed by atoms with van der Waals surface area (Å²) in [4.78, 5) is 26.7. The second-order valence-corrected chi connectivity index (χ2v) is 7.07. The number of rotatable bonds is 6. The Hall–Kier alpha value is -2.38. The van der Waals surface area contributed by atoms with Gasteiger partial charge in [-0.25, -0.2) is 0 Å². The molecule has 0 bridgehead atoms. The van der Waals surface area contributed by atoms with E-state index in [1.165, 1.54) is 0 Å². The van der Waals surface area contributed by atoms with E-state index in [-0.39, 0.29) is 6.42 Å². The first-order chi connectivity index (χ1) is 11.6. The first kappa shape index (κ1) is 19.0. The van der Waals surface area contributed by atoms with E-state index < -0.39 is 35.6 Å².